The van der Waals surface area contributed by atoms with E-state index >= 15 is 0 Å². The minimum atomic E-state index is -0.405. The standard InChI is InChI=1S/C15H14N8O/c16-12-13(21-10-4-7-17-8-5-10)19-9-20-14(12)22-23-15(24)11-3-1-2-6-18-11/h1-9H,16H2,(H,23,24)(H2,17,19,20,21,22). The molecule has 0 aromatic carbocycles. The van der Waals surface area contributed by atoms with Gasteiger partial charge in [-0.2, -0.15) is 0 Å². The van der Waals surface area contributed by atoms with Crippen LogP contribution >= 0.6 is 0 Å². The van der Waals surface area contributed by atoms with Crippen LogP contribution in [0.4, 0.5) is 23.0 Å². The van der Waals surface area contributed by atoms with Crippen LogP contribution in [-0.4, -0.2) is 25.8 Å². The van der Waals surface area contributed by atoms with Gasteiger partial charge in [0.2, 0.25) is 0 Å². The van der Waals surface area contributed by atoms with Crippen LogP contribution in [-0.2, 0) is 0 Å². The molecule has 0 unspecified atom stereocenters. The Kier molecular flexibility index (Phi) is 4.43. The van der Waals surface area contributed by atoms with Gasteiger partial charge in [0.25, 0.3) is 5.91 Å². The van der Waals surface area contributed by atoms with Crippen molar-refractivity contribution in [1.82, 2.24) is 25.4 Å². The summed E-state index contributed by atoms with van der Waals surface area (Å²) in [5, 5.41) is 3.05. The lowest BCUT2D eigenvalue weighted by atomic mass is 10.3. The van der Waals surface area contributed by atoms with Crippen LogP contribution in [0.1, 0.15) is 10.5 Å². The van der Waals surface area contributed by atoms with Crippen molar-refractivity contribution in [3.8, 4) is 0 Å². The second-order valence-corrected chi connectivity index (χ2v) is 4.64. The molecule has 24 heavy (non-hydrogen) atoms. The third kappa shape index (κ3) is 3.53. The number of anilines is 4. The average Bonchev–Trinajstić information content (AvgIpc) is 2.64. The highest BCUT2D eigenvalue weighted by Crippen LogP contribution is 2.24. The second kappa shape index (κ2) is 7.01. The van der Waals surface area contributed by atoms with Gasteiger partial charge in [0.15, 0.2) is 11.6 Å². The van der Waals surface area contributed by atoms with E-state index in [0.29, 0.717) is 5.82 Å². The SMILES string of the molecule is Nc1c(NNC(=O)c2ccccn2)ncnc1Nc1ccncc1. The van der Waals surface area contributed by atoms with Crippen molar-refractivity contribution in [3.63, 3.8) is 0 Å². The van der Waals surface area contributed by atoms with Crippen LogP contribution in [0.2, 0.25) is 0 Å². The number of hydrogen-bond donors (Lipinski definition) is 4. The molecule has 0 saturated heterocycles. The summed E-state index contributed by atoms with van der Waals surface area (Å²) in [6.07, 6.45) is 6.15. The Balaban J connectivity index is 1.70. The van der Waals surface area contributed by atoms with Crippen molar-refractivity contribution in [2.24, 2.45) is 0 Å². The molecular formula is C15H14N8O. The lowest BCUT2D eigenvalue weighted by molar-refractivity contribution is 0.0957. The zero-order valence-electron chi connectivity index (χ0n) is 12.5. The normalized spacial score (nSPS) is 10.0. The molecule has 3 rings (SSSR count). The van der Waals surface area contributed by atoms with E-state index in [9.17, 15) is 4.79 Å². The first-order chi connectivity index (χ1) is 11.7. The monoisotopic (exact) mass is 322 g/mol. The molecule has 120 valence electrons. The minimum Gasteiger partial charge on any atom is -0.393 e. The first kappa shape index (κ1) is 15.2. The van der Waals surface area contributed by atoms with E-state index in [0.717, 1.165) is 5.69 Å². The van der Waals surface area contributed by atoms with Crippen LogP contribution < -0.4 is 21.9 Å². The van der Waals surface area contributed by atoms with Crippen LogP contribution in [0, 0.1) is 0 Å². The third-order valence-electron chi connectivity index (χ3n) is 3.02. The number of hydrogen-bond acceptors (Lipinski definition) is 8. The summed E-state index contributed by atoms with van der Waals surface area (Å²) >= 11 is 0. The first-order valence-corrected chi connectivity index (χ1v) is 6.99. The Hall–Kier alpha value is -3.75. The molecule has 3 heterocycles. The van der Waals surface area contributed by atoms with Crippen LogP contribution in [0.25, 0.3) is 0 Å². The van der Waals surface area contributed by atoms with Gasteiger partial charge in [-0.05, 0) is 24.3 Å². The smallest absolute Gasteiger partial charge is 0.288 e. The van der Waals surface area contributed by atoms with Gasteiger partial charge in [0.1, 0.15) is 17.7 Å². The number of rotatable bonds is 5. The molecule has 0 fully saturated rings. The van der Waals surface area contributed by atoms with Crippen LogP contribution in [0.5, 0.6) is 0 Å². The number of aromatic nitrogens is 4. The molecule has 0 atom stereocenters. The fourth-order valence-corrected chi connectivity index (χ4v) is 1.84. The van der Waals surface area contributed by atoms with Crippen molar-refractivity contribution in [1.29, 1.82) is 0 Å². The van der Waals surface area contributed by atoms with E-state index < -0.39 is 5.91 Å². The Bertz CT molecular complexity index is 825. The molecule has 9 nitrogen and oxygen atoms in total. The Morgan fingerprint density at radius 1 is 0.958 bits per heavy atom. The topological polar surface area (TPSA) is 131 Å². The van der Waals surface area contributed by atoms with E-state index in [1.807, 2.05) is 0 Å². The summed E-state index contributed by atoms with van der Waals surface area (Å²) in [4.78, 5) is 27.9. The van der Waals surface area contributed by atoms with Crippen molar-refractivity contribution < 1.29 is 4.79 Å². The number of nitrogens with one attached hydrogen (secondary N) is 3. The number of carbonyl (C=O) groups excluding carboxylic acids is 1. The highest BCUT2D eigenvalue weighted by Gasteiger charge is 2.10. The van der Waals surface area contributed by atoms with E-state index in [2.05, 4.69) is 36.1 Å². The predicted molar refractivity (Wildman–Crippen MR) is 89.3 cm³/mol. The number of pyridine rings is 2. The summed E-state index contributed by atoms with van der Waals surface area (Å²) in [6, 6.07) is 8.59. The zero-order chi connectivity index (χ0) is 16.8. The summed E-state index contributed by atoms with van der Waals surface area (Å²) in [6.45, 7) is 0. The van der Waals surface area contributed by atoms with Crippen molar-refractivity contribution in [2.45, 2.75) is 0 Å². The lowest BCUT2D eigenvalue weighted by Crippen LogP contribution is -2.31. The maximum Gasteiger partial charge on any atom is 0.288 e. The number of carbonyl (C=O) groups is 1. The molecule has 9 heteroatoms. The Labute approximate surface area is 137 Å². The maximum absolute atomic E-state index is 12.0. The van der Waals surface area contributed by atoms with Gasteiger partial charge >= 0.3 is 0 Å². The van der Waals surface area contributed by atoms with Gasteiger partial charge in [0, 0.05) is 24.3 Å². The quantitative estimate of drug-likeness (QED) is 0.518. The molecule has 5 N–H and O–H groups in total. The summed E-state index contributed by atoms with van der Waals surface area (Å²) in [7, 11) is 0. The zero-order valence-corrected chi connectivity index (χ0v) is 12.5. The van der Waals surface area contributed by atoms with Crippen LogP contribution in [0.3, 0.4) is 0 Å². The molecule has 1 amide bonds. The summed E-state index contributed by atoms with van der Waals surface area (Å²) < 4.78 is 0. The summed E-state index contributed by atoms with van der Waals surface area (Å²) in [5.74, 6) is 0.272. The van der Waals surface area contributed by atoms with Crippen molar-refractivity contribution in [3.05, 3.63) is 60.9 Å². The fraction of sp³-hybridized carbons (Fsp3) is 0. The highest BCUT2D eigenvalue weighted by molar-refractivity contribution is 5.93. The maximum atomic E-state index is 12.0. The third-order valence-corrected chi connectivity index (χ3v) is 3.02. The van der Waals surface area contributed by atoms with Crippen LogP contribution in [0.15, 0.2) is 55.2 Å². The van der Waals surface area contributed by atoms with Gasteiger partial charge in [-0.15, -0.1) is 0 Å². The molecule has 0 aliphatic heterocycles. The Morgan fingerprint density at radius 2 is 1.75 bits per heavy atom. The minimum absolute atomic E-state index is 0.260. The molecule has 0 spiro atoms. The molecular weight excluding hydrogens is 308 g/mol. The van der Waals surface area contributed by atoms with E-state index in [4.69, 9.17) is 5.73 Å². The predicted octanol–water partition coefficient (Wildman–Crippen LogP) is 1.35. The second-order valence-electron chi connectivity index (χ2n) is 4.64. The summed E-state index contributed by atoms with van der Waals surface area (Å²) in [5.41, 5.74) is 12.5. The van der Waals surface area contributed by atoms with Gasteiger partial charge in [-0.1, -0.05) is 6.07 Å². The molecule has 3 aromatic rings. The molecule has 0 saturated carbocycles. The highest BCUT2D eigenvalue weighted by atomic mass is 16.2. The van der Waals surface area contributed by atoms with Gasteiger partial charge < -0.3 is 11.1 Å². The van der Waals surface area contributed by atoms with E-state index in [1.54, 1.807) is 42.7 Å². The van der Waals surface area contributed by atoms with E-state index in [1.165, 1.54) is 12.5 Å². The molecule has 0 bridgehead atoms. The van der Waals surface area contributed by atoms with Crippen molar-refractivity contribution in [2.75, 3.05) is 16.5 Å². The molecule has 0 aliphatic carbocycles. The molecule has 0 radical (unpaired) electrons. The van der Waals surface area contributed by atoms with Crippen molar-refractivity contribution >= 4 is 28.9 Å². The Morgan fingerprint density at radius 3 is 2.50 bits per heavy atom. The van der Waals surface area contributed by atoms with E-state index in [-0.39, 0.29) is 17.2 Å². The molecule has 3 aromatic heterocycles. The lowest BCUT2D eigenvalue weighted by Gasteiger charge is -2.12. The largest absolute Gasteiger partial charge is 0.393 e. The number of amides is 1. The number of hydrazine groups is 1. The fourth-order valence-electron chi connectivity index (χ4n) is 1.84. The number of nitrogens with two attached hydrogens (primary N) is 1. The number of nitrogens with zero attached hydrogens (tertiary/aromatic N) is 4. The first-order valence-electron chi connectivity index (χ1n) is 6.99. The average molecular weight is 322 g/mol. The van der Waals surface area contributed by atoms with Gasteiger partial charge in [-0.25, -0.2) is 9.97 Å². The van der Waals surface area contributed by atoms with Gasteiger partial charge in [-0.3, -0.25) is 25.6 Å². The molecule has 0 aliphatic rings. The van der Waals surface area contributed by atoms with Gasteiger partial charge in [0.05, 0.1) is 0 Å². The number of nitrogen functional groups attached to an aromatic ring is 1.